The van der Waals surface area contributed by atoms with Gasteiger partial charge in [-0.25, -0.2) is 0 Å². The molecule has 3 rings (SSSR count). The van der Waals surface area contributed by atoms with Crippen LogP contribution in [0.1, 0.15) is 17.0 Å². The molecule has 2 aromatic heterocycles. The molecule has 0 unspecified atom stereocenters. The Morgan fingerprint density at radius 1 is 1.04 bits per heavy atom. The first-order valence-corrected chi connectivity index (χ1v) is 7.45. The van der Waals surface area contributed by atoms with Crippen LogP contribution in [0.25, 0.3) is 22.4 Å². The van der Waals surface area contributed by atoms with E-state index in [1.165, 1.54) is 0 Å². The summed E-state index contributed by atoms with van der Waals surface area (Å²) in [4.78, 5) is 19.9. The van der Waals surface area contributed by atoms with E-state index in [-0.39, 0.29) is 12.0 Å². The Labute approximate surface area is 134 Å². The minimum atomic E-state index is 0.000554. The smallest absolute Gasteiger partial charge is 0.189 e. The van der Waals surface area contributed by atoms with E-state index in [9.17, 15) is 4.79 Å². The van der Waals surface area contributed by atoms with E-state index >= 15 is 0 Å². The number of nitrogens with one attached hydrogen (secondary N) is 1. The highest BCUT2D eigenvalue weighted by atomic mass is 16.3. The van der Waals surface area contributed by atoms with E-state index in [4.69, 9.17) is 5.11 Å². The van der Waals surface area contributed by atoms with Gasteiger partial charge in [-0.15, -0.1) is 0 Å². The first-order valence-electron chi connectivity index (χ1n) is 7.45. The Morgan fingerprint density at radius 3 is 2.30 bits per heavy atom. The Kier molecular flexibility index (Phi) is 4.08. The van der Waals surface area contributed by atoms with Crippen molar-refractivity contribution >= 4 is 0 Å². The van der Waals surface area contributed by atoms with Crippen molar-refractivity contribution in [3.8, 4) is 22.4 Å². The third-order valence-electron chi connectivity index (χ3n) is 3.84. The Bertz CT molecular complexity index is 879. The fraction of sp³-hybridized carbons (Fsp3) is 0.158. The number of hydrogen-bond acceptors (Lipinski definition) is 3. The molecule has 23 heavy (non-hydrogen) atoms. The topological polar surface area (TPSA) is 66.0 Å². The van der Waals surface area contributed by atoms with Gasteiger partial charge in [0.1, 0.15) is 0 Å². The number of nitrogens with zero attached hydrogens (tertiary/aromatic N) is 1. The lowest BCUT2D eigenvalue weighted by Crippen LogP contribution is -2.08. The van der Waals surface area contributed by atoms with Crippen LogP contribution < -0.4 is 5.43 Å². The molecule has 4 heteroatoms. The Hall–Kier alpha value is -2.72. The Morgan fingerprint density at radius 2 is 1.74 bits per heavy atom. The summed E-state index contributed by atoms with van der Waals surface area (Å²) in [5.41, 5.74) is 5.84. The second kappa shape index (κ2) is 6.18. The number of hydrogen-bond donors (Lipinski definition) is 2. The van der Waals surface area contributed by atoms with Gasteiger partial charge in [0.15, 0.2) is 5.43 Å². The van der Waals surface area contributed by atoms with Crippen molar-refractivity contribution in [3.05, 3.63) is 75.8 Å². The van der Waals surface area contributed by atoms with Gasteiger partial charge in [0, 0.05) is 40.3 Å². The fourth-order valence-electron chi connectivity index (χ4n) is 2.70. The molecule has 0 aliphatic carbocycles. The largest absolute Gasteiger partial charge is 0.392 e. The molecule has 2 heterocycles. The van der Waals surface area contributed by atoms with Crippen molar-refractivity contribution in [2.24, 2.45) is 0 Å². The molecule has 116 valence electrons. The highest BCUT2D eigenvalue weighted by Gasteiger charge is 2.09. The van der Waals surface area contributed by atoms with Crippen LogP contribution in [-0.2, 0) is 6.61 Å². The van der Waals surface area contributed by atoms with E-state index in [0.29, 0.717) is 5.56 Å². The highest BCUT2D eigenvalue weighted by Crippen LogP contribution is 2.22. The molecule has 0 amide bonds. The van der Waals surface area contributed by atoms with Gasteiger partial charge in [-0.2, -0.15) is 0 Å². The van der Waals surface area contributed by atoms with Crippen LogP contribution in [0.4, 0.5) is 0 Å². The summed E-state index contributed by atoms with van der Waals surface area (Å²) in [6.45, 7) is 3.79. The number of aromatic amines is 1. The zero-order valence-electron chi connectivity index (χ0n) is 13.1. The first-order chi connectivity index (χ1) is 11.1. The second-order valence-electron chi connectivity index (χ2n) is 5.60. The van der Waals surface area contributed by atoms with Gasteiger partial charge in [0.25, 0.3) is 0 Å². The molecule has 2 N–H and O–H groups in total. The number of aliphatic hydroxyl groups excluding tert-OH is 1. The number of aryl methyl sites for hydroxylation is 2. The van der Waals surface area contributed by atoms with E-state index in [1.54, 1.807) is 12.3 Å². The lowest BCUT2D eigenvalue weighted by Gasteiger charge is -2.08. The molecule has 4 nitrogen and oxygen atoms in total. The van der Waals surface area contributed by atoms with Crippen molar-refractivity contribution in [1.29, 1.82) is 0 Å². The predicted octanol–water partition coefficient (Wildman–Crippen LogP) is 3.21. The number of aromatic nitrogens is 2. The minimum absolute atomic E-state index is 0.000554. The summed E-state index contributed by atoms with van der Waals surface area (Å²) in [5, 5.41) is 9.08. The van der Waals surface area contributed by atoms with Gasteiger partial charge < -0.3 is 10.1 Å². The molecule has 0 saturated carbocycles. The van der Waals surface area contributed by atoms with Gasteiger partial charge in [0.2, 0.25) is 0 Å². The van der Waals surface area contributed by atoms with E-state index in [0.717, 1.165) is 33.8 Å². The highest BCUT2D eigenvalue weighted by molar-refractivity contribution is 5.68. The van der Waals surface area contributed by atoms with Crippen LogP contribution >= 0.6 is 0 Å². The van der Waals surface area contributed by atoms with Crippen LogP contribution in [0.2, 0.25) is 0 Å². The van der Waals surface area contributed by atoms with Crippen LogP contribution in [0, 0.1) is 13.8 Å². The van der Waals surface area contributed by atoms with Gasteiger partial charge >= 0.3 is 0 Å². The summed E-state index contributed by atoms with van der Waals surface area (Å²) in [7, 11) is 0. The number of rotatable bonds is 3. The van der Waals surface area contributed by atoms with Crippen LogP contribution in [0.5, 0.6) is 0 Å². The molecule has 0 aliphatic heterocycles. The molecular formula is C19H18N2O2. The average Bonchev–Trinajstić information content (AvgIpc) is 2.55. The summed E-state index contributed by atoms with van der Waals surface area (Å²) >= 11 is 0. The summed E-state index contributed by atoms with van der Waals surface area (Å²) in [6.07, 6.45) is 1.72. The maximum atomic E-state index is 12.2. The van der Waals surface area contributed by atoms with Gasteiger partial charge in [-0.05, 0) is 25.5 Å². The first kappa shape index (κ1) is 15.2. The molecule has 0 fully saturated rings. The zero-order chi connectivity index (χ0) is 16.4. The van der Waals surface area contributed by atoms with Crippen molar-refractivity contribution in [2.75, 3.05) is 0 Å². The summed E-state index contributed by atoms with van der Waals surface area (Å²) in [5.74, 6) is 0. The average molecular weight is 306 g/mol. The van der Waals surface area contributed by atoms with E-state index < -0.39 is 0 Å². The quantitative estimate of drug-likeness (QED) is 0.781. The zero-order valence-corrected chi connectivity index (χ0v) is 13.1. The normalized spacial score (nSPS) is 10.7. The molecule has 0 bridgehead atoms. The summed E-state index contributed by atoms with van der Waals surface area (Å²) < 4.78 is 0. The number of pyridine rings is 2. The lowest BCUT2D eigenvalue weighted by molar-refractivity contribution is 0.282. The predicted molar refractivity (Wildman–Crippen MR) is 91.1 cm³/mol. The Balaban J connectivity index is 1.98. The molecule has 0 spiro atoms. The molecule has 3 aromatic rings. The lowest BCUT2D eigenvalue weighted by atomic mass is 10.0. The molecule has 0 aliphatic rings. The van der Waals surface area contributed by atoms with Gasteiger partial charge in [-0.1, -0.05) is 30.3 Å². The van der Waals surface area contributed by atoms with Crippen molar-refractivity contribution in [2.45, 2.75) is 20.5 Å². The molecular weight excluding hydrogens is 288 g/mol. The van der Waals surface area contributed by atoms with E-state index in [1.807, 2.05) is 50.2 Å². The molecule has 0 radical (unpaired) electrons. The number of H-pyrrole nitrogens is 1. The SMILES string of the molecule is Cc1cc(=O)c(-c2ccc(-c3ccc(CO)cc3)nc2)c(C)[nH]1. The third kappa shape index (κ3) is 3.07. The minimum Gasteiger partial charge on any atom is -0.392 e. The fourth-order valence-corrected chi connectivity index (χ4v) is 2.70. The molecule has 0 saturated heterocycles. The van der Waals surface area contributed by atoms with Crippen molar-refractivity contribution < 1.29 is 5.11 Å². The van der Waals surface area contributed by atoms with Crippen molar-refractivity contribution in [1.82, 2.24) is 9.97 Å². The van der Waals surface area contributed by atoms with Gasteiger partial charge in [0.05, 0.1) is 12.3 Å². The van der Waals surface area contributed by atoms with Gasteiger partial charge in [-0.3, -0.25) is 9.78 Å². The van der Waals surface area contributed by atoms with Crippen LogP contribution in [-0.4, -0.2) is 15.1 Å². The maximum Gasteiger partial charge on any atom is 0.189 e. The van der Waals surface area contributed by atoms with E-state index in [2.05, 4.69) is 9.97 Å². The maximum absolute atomic E-state index is 12.2. The molecule has 1 aromatic carbocycles. The number of benzene rings is 1. The number of aliphatic hydroxyl groups is 1. The monoisotopic (exact) mass is 306 g/mol. The third-order valence-corrected chi connectivity index (χ3v) is 3.84. The van der Waals surface area contributed by atoms with Crippen LogP contribution in [0.15, 0.2) is 53.5 Å². The van der Waals surface area contributed by atoms with Crippen LogP contribution in [0.3, 0.4) is 0 Å². The summed E-state index contributed by atoms with van der Waals surface area (Å²) in [6, 6.07) is 13.0. The standard InChI is InChI=1S/C19H18N2O2/c1-12-9-18(23)19(13(2)21-12)16-7-8-17(20-10-16)15-5-3-14(11-22)4-6-15/h3-10,22H,11H2,1-2H3,(H,21,23). The van der Waals surface area contributed by atoms with Crippen molar-refractivity contribution in [3.63, 3.8) is 0 Å². The second-order valence-corrected chi connectivity index (χ2v) is 5.60. The molecule has 0 atom stereocenters.